The molecule has 0 radical (unpaired) electrons. The molecule has 1 fully saturated rings. The van der Waals surface area contributed by atoms with Gasteiger partial charge in [0, 0.05) is 19.7 Å². The van der Waals surface area contributed by atoms with Gasteiger partial charge in [0.1, 0.15) is 12.4 Å². The molecule has 1 atom stereocenters. The summed E-state index contributed by atoms with van der Waals surface area (Å²) in [5.41, 5.74) is 1.12. The van der Waals surface area contributed by atoms with E-state index in [1.165, 1.54) is 0 Å². The smallest absolute Gasteiger partial charge is 0.317 e. The SMILES string of the molecule is O=C(NCc1ccsc1)N(CCOc1ccccc1)C[C@H]1CCCO1. The number of hydrogen-bond acceptors (Lipinski definition) is 4. The first kappa shape index (κ1) is 17.8. The zero-order valence-electron chi connectivity index (χ0n) is 14.2. The molecule has 5 nitrogen and oxygen atoms in total. The Morgan fingerprint density at radius 1 is 1.32 bits per heavy atom. The van der Waals surface area contributed by atoms with Crippen LogP contribution < -0.4 is 10.1 Å². The highest BCUT2D eigenvalue weighted by molar-refractivity contribution is 7.07. The van der Waals surface area contributed by atoms with Gasteiger partial charge in [-0.15, -0.1) is 0 Å². The number of thiophene rings is 1. The molecule has 134 valence electrons. The van der Waals surface area contributed by atoms with Crippen molar-refractivity contribution >= 4 is 17.4 Å². The van der Waals surface area contributed by atoms with Gasteiger partial charge in [-0.05, 0) is 47.4 Å². The second-order valence-electron chi connectivity index (χ2n) is 6.03. The molecule has 1 aromatic carbocycles. The molecule has 0 unspecified atom stereocenters. The van der Waals surface area contributed by atoms with Crippen LogP contribution in [0.3, 0.4) is 0 Å². The lowest BCUT2D eigenvalue weighted by molar-refractivity contribution is 0.0773. The van der Waals surface area contributed by atoms with Crippen molar-refractivity contribution < 1.29 is 14.3 Å². The highest BCUT2D eigenvalue weighted by Gasteiger charge is 2.22. The van der Waals surface area contributed by atoms with Crippen molar-refractivity contribution in [3.8, 4) is 5.75 Å². The molecule has 25 heavy (non-hydrogen) atoms. The van der Waals surface area contributed by atoms with E-state index in [1.54, 1.807) is 16.2 Å². The van der Waals surface area contributed by atoms with Crippen molar-refractivity contribution in [3.63, 3.8) is 0 Å². The summed E-state index contributed by atoms with van der Waals surface area (Å²) in [6.07, 6.45) is 2.20. The minimum Gasteiger partial charge on any atom is -0.492 e. The minimum absolute atomic E-state index is 0.0710. The van der Waals surface area contributed by atoms with Crippen LogP contribution in [0, 0.1) is 0 Å². The van der Waals surface area contributed by atoms with Crippen LogP contribution in [0.2, 0.25) is 0 Å². The molecule has 0 bridgehead atoms. The number of benzene rings is 1. The van der Waals surface area contributed by atoms with E-state index in [2.05, 4.69) is 5.32 Å². The summed E-state index contributed by atoms with van der Waals surface area (Å²) in [7, 11) is 0. The predicted octanol–water partition coefficient (Wildman–Crippen LogP) is 3.52. The molecule has 3 rings (SSSR count). The van der Waals surface area contributed by atoms with Gasteiger partial charge in [0.2, 0.25) is 0 Å². The molecule has 2 amide bonds. The second kappa shape index (κ2) is 9.44. The van der Waals surface area contributed by atoms with E-state index in [4.69, 9.17) is 9.47 Å². The average molecular weight is 360 g/mol. The van der Waals surface area contributed by atoms with E-state index in [0.29, 0.717) is 26.2 Å². The maximum absolute atomic E-state index is 12.6. The van der Waals surface area contributed by atoms with Crippen LogP contribution >= 0.6 is 11.3 Å². The Morgan fingerprint density at radius 3 is 2.92 bits per heavy atom. The maximum Gasteiger partial charge on any atom is 0.317 e. The Labute approximate surface area is 152 Å². The molecule has 0 saturated carbocycles. The normalized spacial score (nSPS) is 16.6. The van der Waals surface area contributed by atoms with E-state index in [-0.39, 0.29) is 12.1 Å². The van der Waals surface area contributed by atoms with Gasteiger partial charge in [0.15, 0.2) is 0 Å². The molecule has 1 N–H and O–H groups in total. The number of nitrogens with zero attached hydrogens (tertiary/aromatic N) is 1. The number of carbonyl (C=O) groups is 1. The van der Waals surface area contributed by atoms with Crippen LogP contribution in [-0.2, 0) is 11.3 Å². The van der Waals surface area contributed by atoms with Crippen molar-refractivity contribution in [2.24, 2.45) is 0 Å². The quantitative estimate of drug-likeness (QED) is 0.784. The standard InChI is InChI=1S/C19H24N2O3S/c22-19(20-13-16-8-12-25-15-16)21(14-18-7-4-10-23-18)9-11-24-17-5-2-1-3-6-17/h1-3,5-6,8,12,15,18H,4,7,9-11,13-14H2,(H,20,22)/t18-/m1/s1. The van der Waals surface area contributed by atoms with Crippen LogP contribution in [0.5, 0.6) is 5.75 Å². The number of amides is 2. The van der Waals surface area contributed by atoms with Crippen LogP contribution in [0.25, 0.3) is 0 Å². The number of carbonyl (C=O) groups excluding carboxylic acids is 1. The Hall–Kier alpha value is -2.05. The molecule has 2 heterocycles. The summed E-state index contributed by atoms with van der Waals surface area (Å²) in [5.74, 6) is 0.818. The number of para-hydroxylation sites is 1. The number of urea groups is 1. The molecule has 0 aliphatic carbocycles. The fourth-order valence-electron chi connectivity index (χ4n) is 2.78. The molecule has 0 spiro atoms. The molecule has 1 saturated heterocycles. The highest BCUT2D eigenvalue weighted by Crippen LogP contribution is 2.14. The van der Waals surface area contributed by atoms with Gasteiger partial charge in [-0.3, -0.25) is 0 Å². The lowest BCUT2D eigenvalue weighted by Gasteiger charge is -2.25. The Balaban J connectivity index is 1.51. The van der Waals surface area contributed by atoms with Crippen LogP contribution in [0.4, 0.5) is 4.79 Å². The Kier molecular flexibility index (Phi) is 6.71. The third-order valence-electron chi connectivity index (χ3n) is 4.13. The van der Waals surface area contributed by atoms with Crippen molar-refractivity contribution in [1.29, 1.82) is 0 Å². The van der Waals surface area contributed by atoms with E-state index in [9.17, 15) is 4.79 Å². The largest absolute Gasteiger partial charge is 0.492 e. The third kappa shape index (κ3) is 5.76. The zero-order valence-corrected chi connectivity index (χ0v) is 15.0. The van der Waals surface area contributed by atoms with Crippen molar-refractivity contribution in [3.05, 3.63) is 52.7 Å². The van der Waals surface area contributed by atoms with E-state index in [1.807, 2.05) is 47.2 Å². The van der Waals surface area contributed by atoms with Crippen molar-refractivity contribution in [1.82, 2.24) is 10.2 Å². The highest BCUT2D eigenvalue weighted by atomic mass is 32.1. The molecule has 1 aromatic heterocycles. The van der Waals surface area contributed by atoms with Crippen LogP contribution in [-0.4, -0.2) is 43.3 Å². The Bertz CT molecular complexity index is 627. The summed E-state index contributed by atoms with van der Waals surface area (Å²) in [6.45, 7) is 2.93. The summed E-state index contributed by atoms with van der Waals surface area (Å²) in [5, 5.41) is 7.05. The zero-order chi connectivity index (χ0) is 17.3. The number of ether oxygens (including phenoxy) is 2. The van der Waals surface area contributed by atoms with Crippen molar-refractivity contribution in [2.45, 2.75) is 25.5 Å². The average Bonchev–Trinajstić information content (AvgIpc) is 3.33. The number of rotatable bonds is 8. The number of hydrogen-bond donors (Lipinski definition) is 1. The molecular weight excluding hydrogens is 336 g/mol. The predicted molar refractivity (Wildman–Crippen MR) is 99.0 cm³/mol. The Morgan fingerprint density at radius 2 is 2.20 bits per heavy atom. The van der Waals surface area contributed by atoms with Crippen LogP contribution in [0.15, 0.2) is 47.2 Å². The van der Waals surface area contributed by atoms with Gasteiger partial charge in [-0.1, -0.05) is 18.2 Å². The van der Waals surface area contributed by atoms with Crippen LogP contribution in [0.1, 0.15) is 18.4 Å². The molecule has 1 aliphatic rings. The van der Waals surface area contributed by atoms with Crippen molar-refractivity contribution in [2.75, 3.05) is 26.3 Å². The first-order valence-corrected chi connectivity index (χ1v) is 9.59. The molecule has 6 heteroatoms. The van der Waals surface area contributed by atoms with Gasteiger partial charge in [-0.25, -0.2) is 4.79 Å². The van der Waals surface area contributed by atoms with E-state index >= 15 is 0 Å². The van der Waals surface area contributed by atoms with Gasteiger partial charge >= 0.3 is 6.03 Å². The number of nitrogens with one attached hydrogen (secondary N) is 1. The molecule has 2 aromatic rings. The van der Waals surface area contributed by atoms with Gasteiger partial charge in [-0.2, -0.15) is 11.3 Å². The minimum atomic E-state index is -0.0710. The fourth-order valence-corrected chi connectivity index (χ4v) is 3.45. The fraction of sp³-hybridized carbons (Fsp3) is 0.421. The maximum atomic E-state index is 12.6. The summed E-state index contributed by atoms with van der Waals surface area (Å²) < 4.78 is 11.4. The molecular formula is C19H24N2O3S. The van der Waals surface area contributed by atoms with Gasteiger partial charge in [0.25, 0.3) is 0 Å². The lowest BCUT2D eigenvalue weighted by Crippen LogP contribution is -2.45. The van der Waals surface area contributed by atoms with E-state index in [0.717, 1.165) is 30.8 Å². The van der Waals surface area contributed by atoms with E-state index < -0.39 is 0 Å². The lowest BCUT2D eigenvalue weighted by atomic mass is 10.2. The summed E-state index contributed by atoms with van der Waals surface area (Å²) in [4.78, 5) is 14.4. The third-order valence-corrected chi connectivity index (χ3v) is 4.86. The second-order valence-corrected chi connectivity index (χ2v) is 6.81. The first-order chi connectivity index (χ1) is 12.3. The van der Waals surface area contributed by atoms with Gasteiger partial charge < -0.3 is 19.7 Å². The summed E-state index contributed by atoms with van der Waals surface area (Å²) >= 11 is 1.63. The first-order valence-electron chi connectivity index (χ1n) is 8.64. The topological polar surface area (TPSA) is 50.8 Å². The summed E-state index contributed by atoms with van der Waals surface area (Å²) in [6, 6.07) is 11.6. The monoisotopic (exact) mass is 360 g/mol. The molecule has 1 aliphatic heterocycles. The van der Waals surface area contributed by atoms with Gasteiger partial charge in [0.05, 0.1) is 12.6 Å².